The molecular weight excluding hydrogens is 244 g/mol. The van der Waals surface area contributed by atoms with Crippen molar-refractivity contribution in [2.45, 2.75) is 25.1 Å². The zero-order valence-corrected chi connectivity index (χ0v) is 11.3. The Kier molecular flexibility index (Phi) is 4.10. The highest BCUT2D eigenvalue weighted by molar-refractivity contribution is 7.92. The average molecular weight is 262 g/mol. The molecule has 1 rings (SSSR count). The molecule has 0 atom stereocenters. The van der Waals surface area contributed by atoms with Gasteiger partial charge in [0.15, 0.2) is 9.84 Å². The van der Waals surface area contributed by atoms with Crippen molar-refractivity contribution < 1.29 is 12.8 Å². The molecule has 0 aromatic carbocycles. The fraction of sp³-hybridized carbons (Fsp3) is 0.778. The van der Waals surface area contributed by atoms with E-state index in [0.717, 1.165) is 0 Å². The summed E-state index contributed by atoms with van der Waals surface area (Å²) in [6.07, 6.45) is 1.20. The molecule has 1 aromatic rings. The molecule has 8 heteroatoms. The van der Waals surface area contributed by atoms with Gasteiger partial charge in [0, 0.05) is 12.8 Å². The second kappa shape index (κ2) is 5.01. The summed E-state index contributed by atoms with van der Waals surface area (Å²) < 4.78 is 27.3. The van der Waals surface area contributed by atoms with Crippen molar-refractivity contribution in [1.82, 2.24) is 15.5 Å². The molecule has 98 valence electrons. The van der Waals surface area contributed by atoms with E-state index in [1.807, 2.05) is 0 Å². The zero-order chi connectivity index (χ0) is 13.1. The fourth-order valence-corrected chi connectivity index (χ4v) is 1.30. The van der Waals surface area contributed by atoms with Crippen LogP contribution in [0, 0.1) is 0 Å². The van der Waals surface area contributed by atoms with E-state index in [1.165, 1.54) is 6.26 Å². The zero-order valence-electron chi connectivity index (χ0n) is 10.4. The van der Waals surface area contributed by atoms with Gasteiger partial charge in [-0.3, -0.25) is 0 Å². The van der Waals surface area contributed by atoms with Gasteiger partial charge < -0.3 is 15.1 Å². The minimum Gasteiger partial charge on any atom is -0.407 e. The van der Waals surface area contributed by atoms with Crippen molar-refractivity contribution in [3.63, 3.8) is 0 Å². The summed E-state index contributed by atoms with van der Waals surface area (Å²) in [4.78, 5) is 0. The van der Waals surface area contributed by atoms with Gasteiger partial charge in [-0.25, -0.2) is 8.42 Å². The number of nitrogens with zero attached hydrogens (tertiary/aromatic N) is 2. The molecule has 0 unspecified atom stereocenters. The Labute approximate surface area is 101 Å². The molecule has 17 heavy (non-hydrogen) atoms. The lowest BCUT2D eigenvalue weighted by Gasteiger charge is -2.21. The molecule has 0 saturated heterocycles. The normalized spacial score (nSPS) is 12.7. The second-order valence-electron chi connectivity index (χ2n) is 4.42. The van der Waals surface area contributed by atoms with Crippen LogP contribution in [0.3, 0.4) is 0 Å². The van der Waals surface area contributed by atoms with Crippen LogP contribution >= 0.6 is 0 Å². The molecular formula is C9H18N4O3S. The molecule has 0 radical (unpaired) electrons. The van der Waals surface area contributed by atoms with E-state index in [2.05, 4.69) is 20.8 Å². The number of sulfone groups is 1. The Hall–Kier alpha value is -1.15. The summed E-state index contributed by atoms with van der Waals surface area (Å²) in [6.45, 7) is 3.97. The lowest BCUT2D eigenvalue weighted by atomic mass is 10.2. The number of nitrogens with one attached hydrogen (secondary N) is 2. The highest BCUT2D eigenvalue weighted by atomic mass is 32.2. The number of hydrogen-bond donors (Lipinski definition) is 2. The van der Waals surface area contributed by atoms with E-state index in [-0.39, 0.29) is 12.6 Å². The van der Waals surface area contributed by atoms with Crippen LogP contribution in [0.2, 0.25) is 0 Å². The number of aromatic nitrogens is 2. The monoisotopic (exact) mass is 262 g/mol. The van der Waals surface area contributed by atoms with Crippen molar-refractivity contribution in [3.8, 4) is 0 Å². The second-order valence-corrected chi connectivity index (χ2v) is 7.07. The van der Waals surface area contributed by atoms with E-state index in [9.17, 15) is 8.42 Å². The molecule has 0 amide bonds. The molecule has 1 heterocycles. The highest BCUT2D eigenvalue weighted by Crippen LogP contribution is 2.16. The van der Waals surface area contributed by atoms with Gasteiger partial charge in [-0.15, -0.1) is 5.10 Å². The first-order valence-corrected chi connectivity index (χ1v) is 7.06. The third-order valence-electron chi connectivity index (χ3n) is 2.46. The molecule has 0 bridgehead atoms. The van der Waals surface area contributed by atoms with Gasteiger partial charge in [0.25, 0.3) is 0 Å². The SMILES string of the molecule is CNCc1nnc(NCC(C)(C)S(C)(=O)=O)o1. The molecule has 7 nitrogen and oxygen atoms in total. The van der Waals surface area contributed by atoms with Crippen molar-refractivity contribution in [1.29, 1.82) is 0 Å². The van der Waals surface area contributed by atoms with Gasteiger partial charge in [-0.05, 0) is 20.9 Å². The van der Waals surface area contributed by atoms with Crippen LogP contribution in [0.1, 0.15) is 19.7 Å². The van der Waals surface area contributed by atoms with Gasteiger partial charge >= 0.3 is 6.01 Å². The van der Waals surface area contributed by atoms with Crippen LogP contribution < -0.4 is 10.6 Å². The van der Waals surface area contributed by atoms with Crippen LogP contribution in [-0.4, -0.2) is 43.2 Å². The molecule has 1 aromatic heterocycles. The maximum absolute atomic E-state index is 11.5. The summed E-state index contributed by atoms with van der Waals surface area (Å²) in [7, 11) is -1.37. The number of anilines is 1. The predicted molar refractivity (Wildman–Crippen MR) is 64.5 cm³/mol. The van der Waals surface area contributed by atoms with E-state index in [4.69, 9.17) is 4.42 Å². The topological polar surface area (TPSA) is 97.1 Å². The summed E-state index contributed by atoms with van der Waals surface area (Å²) in [5, 5.41) is 13.2. The van der Waals surface area contributed by atoms with Crippen LogP contribution in [0.4, 0.5) is 6.01 Å². The van der Waals surface area contributed by atoms with Crippen LogP contribution in [0.25, 0.3) is 0 Å². The first-order chi connectivity index (χ1) is 7.76. The Morgan fingerprint density at radius 1 is 1.35 bits per heavy atom. The molecule has 0 aliphatic carbocycles. The van der Waals surface area contributed by atoms with Gasteiger partial charge in [-0.2, -0.15) is 0 Å². The maximum atomic E-state index is 11.5. The standard InChI is InChI=1S/C9H18N4O3S/c1-9(2,17(4,14)15)6-11-8-13-12-7(16-8)5-10-3/h10H,5-6H2,1-4H3,(H,11,13). The summed E-state index contributed by atoms with van der Waals surface area (Å²) >= 11 is 0. The first kappa shape index (κ1) is 13.9. The smallest absolute Gasteiger partial charge is 0.315 e. The minimum absolute atomic E-state index is 0.215. The van der Waals surface area contributed by atoms with Gasteiger partial charge in [0.05, 0.1) is 11.3 Å². The van der Waals surface area contributed by atoms with Crippen molar-refractivity contribution in [3.05, 3.63) is 5.89 Å². The van der Waals surface area contributed by atoms with Crippen molar-refractivity contribution in [2.24, 2.45) is 0 Å². The van der Waals surface area contributed by atoms with Gasteiger partial charge in [-0.1, -0.05) is 5.10 Å². The average Bonchev–Trinajstić information content (AvgIpc) is 2.62. The highest BCUT2D eigenvalue weighted by Gasteiger charge is 2.30. The fourth-order valence-electron chi connectivity index (χ4n) is 0.967. The Bertz CT molecular complexity index is 466. The number of rotatable bonds is 6. The number of hydrogen-bond acceptors (Lipinski definition) is 7. The Morgan fingerprint density at radius 2 is 2.00 bits per heavy atom. The van der Waals surface area contributed by atoms with E-state index in [1.54, 1.807) is 20.9 Å². The van der Waals surface area contributed by atoms with Gasteiger partial charge in [0.2, 0.25) is 5.89 Å². The molecule has 0 aliphatic rings. The molecule has 2 N–H and O–H groups in total. The predicted octanol–water partition coefficient (Wildman–Crippen LogP) is 0.0241. The van der Waals surface area contributed by atoms with E-state index in [0.29, 0.717) is 12.4 Å². The largest absolute Gasteiger partial charge is 0.407 e. The van der Waals surface area contributed by atoms with Crippen LogP contribution in [-0.2, 0) is 16.4 Å². The summed E-state index contributed by atoms with van der Waals surface area (Å²) in [6, 6.07) is 0.229. The Morgan fingerprint density at radius 3 is 2.53 bits per heavy atom. The third-order valence-corrected chi connectivity index (χ3v) is 4.62. The molecule has 0 saturated carbocycles. The Balaban J connectivity index is 2.61. The van der Waals surface area contributed by atoms with E-state index >= 15 is 0 Å². The summed E-state index contributed by atoms with van der Waals surface area (Å²) in [5.74, 6) is 0.451. The maximum Gasteiger partial charge on any atom is 0.315 e. The lowest BCUT2D eigenvalue weighted by Crippen LogP contribution is -2.38. The van der Waals surface area contributed by atoms with Crippen LogP contribution in [0.15, 0.2) is 4.42 Å². The van der Waals surface area contributed by atoms with E-state index < -0.39 is 14.6 Å². The molecule has 0 spiro atoms. The summed E-state index contributed by atoms with van der Waals surface area (Å²) in [5.41, 5.74) is 0. The molecule has 0 aliphatic heterocycles. The van der Waals surface area contributed by atoms with Crippen molar-refractivity contribution >= 4 is 15.9 Å². The lowest BCUT2D eigenvalue weighted by molar-refractivity contribution is 0.486. The third kappa shape index (κ3) is 3.67. The van der Waals surface area contributed by atoms with Crippen LogP contribution in [0.5, 0.6) is 0 Å². The van der Waals surface area contributed by atoms with Crippen molar-refractivity contribution in [2.75, 3.05) is 25.2 Å². The molecule has 0 fully saturated rings. The first-order valence-electron chi connectivity index (χ1n) is 5.17. The quantitative estimate of drug-likeness (QED) is 0.746. The minimum atomic E-state index is -3.14. The van der Waals surface area contributed by atoms with Gasteiger partial charge in [0.1, 0.15) is 0 Å².